The molecule has 0 bridgehead atoms. The van der Waals surface area contributed by atoms with Crippen LogP contribution in [0.3, 0.4) is 0 Å². The van der Waals surface area contributed by atoms with Crippen LogP contribution in [0.15, 0.2) is 18.2 Å². The lowest BCUT2D eigenvalue weighted by Crippen LogP contribution is -2.46. The molecule has 1 atom stereocenters. The Balaban J connectivity index is 1.82. The molecule has 1 aromatic rings. The zero-order valence-electron chi connectivity index (χ0n) is 13.3. The number of amides is 2. The summed E-state index contributed by atoms with van der Waals surface area (Å²) in [4.78, 5) is 26.0. The molecule has 0 radical (unpaired) electrons. The lowest BCUT2D eigenvalue weighted by atomic mass is 10.0. The maximum Gasteiger partial charge on any atom is 0.251 e. The number of benzene rings is 1. The monoisotopic (exact) mass is 370 g/mol. The molecule has 0 spiro atoms. The lowest BCUT2D eigenvalue weighted by Gasteiger charge is -2.24. The zero-order valence-corrected chi connectivity index (χ0v) is 14.9. The third-order valence-corrected chi connectivity index (χ3v) is 6.71. The summed E-state index contributed by atoms with van der Waals surface area (Å²) in [5.74, 6) is -0.350. The van der Waals surface area contributed by atoms with Gasteiger partial charge in [0.05, 0.1) is 27.8 Å². The second kappa shape index (κ2) is 6.04. The molecule has 2 aliphatic heterocycles. The summed E-state index contributed by atoms with van der Waals surface area (Å²) in [7, 11) is -3.11. The van der Waals surface area contributed by atoms with Crippen molar-refractivity contribution in [1.82, 2.24) is 5.32 Å². The average Bonchev–Trinajstić information content (AvgIpc) is 3.02. The number of sulfone groups is 1. The van der Waals surface area contributed by atoms with Gasteiger partial charge in [0.25, 0.3) is 5.91 Å². The molecule has 2 aliphatic rings. The van der Waals surface area contributed by atoms with E-state index in [9.17, 15) is 18.0 Å². The van der Waals surface area contributed by atoms with Crippen LogP contribution < -0.4 is 10.2 Å². The van der Waals surface area contributed by atoms with Crippen molar-refractivity contribution in [3.8, 4) is 0 Å². The van der Waals surface area contributed by atoms with Crippen molar-refractivity contribution in [2.75, 3.05) is 23.0 Å². The Hall–Kier alpha value is -1.60. The third kappa shape index (κ3) is 3.42. The Morgan fingerprint density at radius 2 is 2.12 bits per heavy atom. The highest BCUT2D eigenvalue weighted by Gasteiger charge is 2.39. The Kier molecular flexibility index (Phi) is 4.34. The first-order valence-corrected chi connectivity index (χ1v) is 10.0. The Morgan fingerprint density at radius 1 is 1.38 bits per heavy atom. The van der Waals surface area contributed by atoms with Crippen LogP contribution in [-0.2, 0) is 14.6 Å². The van der Waals surface area contributed by atoms with Crippen LogP contribution in [0, 0.1) is 0 Å². The van der Waals surface area contributed by atoms with Crippen LogP contribution >= 0.6 is 11.6 Å². The first-order valence-electron chi connectivity index (χ1n) is 7.82. The molecule has 2 saturated heterocycles. The maximum absolute atomic E-state index is 12.5. The van der Waals surface area contributed by atoms with Crippen molar-refractivity contribution in [3.63, 3.8) is 0 Å². The molecule has 6 nitrogen and oxygen atoms in total. The highest BCUT2D eigenvalue weighted by atomic mass is 35.5. The van der Waals surface area contributed by atoms with E-state index in [1.165, 1.54) is 0 Å². The van der Waals surface area contributed by atoms with E-state index in [1.807, 2.05) is 0 Å². The van der Waals surface area contributed by atoms with Gasteiger partial charge in [0.1, 0.15) is 0 Å². The molecule has 0 aliphatic carbocycles. The van der Waals surface area contributed by atoms with Gasteiger partial charge in [0.15, 0.2) is 9.84 Å². The van der Waals surface area contributed by atoms with Gasteiger partial charge in [0.2, 0.25) is 5.91 Å². The molecule has 0 saturated carbocycles. The lowest BCUT2D eigenvalue weighted by molar-refractivity contribution is -0.117. The van der Waals surface area contributed by atoms with Gasteiger partial charge in [-0.1, -0.05) is 11.6 Å². The second-order valence-corrected chi connectivity index (χ2v) is 9.26. The molecule has 1 N–H and O–H groups in total. The molecule has 130 valence electrons. The van der Waals surface area contributed by atoms with Gasteiger partial charge in [-0.2, -0.15) is 0 Å². The van der Waals surface area contributed by atoms with Gasteiger partial charge < -0.3 is 10.2 Å². The van der Waals surface area contributed by atoms with Crippen molar-refractivity contribution >= 4 is 38.9 Å². The normalized spacial score (nSPS) is 25.9. The predicted molar refractivity (Wildman–Crippen MR) is 92.2 cm³/mol. The van der Waals surface area contributed by atoms with Crippen LogP contribution in [0.2, 0.25) is 5.02 Å². The van der Waals surface area contributed by atoms with Crippen molar-refractivity contribution in [2.45, 2.75) is 31.7 Å². The number of hydrogen-bond acceptors (Lipinski definition) is 4. The van der Waals surface area contributed by atoms with Crippen molar-refractivity contribution in [3.05, 3.63) is 28.8 Å². The van der Waals surface area contributed by atoms with Crippen LogP contribution in [0.5, 0.6) is 0 Å². The minimum Gasteiger partial charge on any atom is -0.346 e. The minimum absolute atomic E-state index is 0.0108. The maximum atomic E-state index is 12.5. The summed E-state index contributed by atoms with van der Waals surface area (Å²) in [6.07, 6.45) is 1.64. The number of anilines is 1. The Morgan fingerprint density at radius 3 is 2.71 bits per heavy atom. The predicted octanol–water partition coefficient (Wildman–Crippen LogP) is 1.77. The number of carbonyl (C=O) groups is 2. The topological polar surface area (TPSA) is 83.6 Å². The summed E-state index contributed by atoms with van der Waals surface area (Å²) >= 11 is 6.18. The Bertz CT molecular complexity index is 808. The summed E-state index contributed by atoms with van der Waals surface area (Å²) in [5, 5.41) is 3.22. The van der Waals surface area contributed by atoms with E-state index >= 15 is 0 Å². The number of hydrogen-bond donors (Lipinski definition) is 1. The molecular formula is C16H19ClN2O4S. The highest BCUT2D eigenvalue weighted by Crippen LogP contribution is 2.31. The molecule has 2 amide bonds. The van der Waals surface area contributed by atoms with Gasteiger partial charge in [-0.05, 0) is 38.0 Å². The van der Waals surface area contributed by atoms with E-state index in [2.05, 4.69) is 5.32 Å². The fourth-order valence-electron chi connectivity index (χ4n) is 3.22. The molecule has 1 aromatic carbocycles. The number of carbonyl (C=O) groups excluding carboxylic acids is 2. The summed E-state index contributed by atoms with van der Waals surface area (Å²) in [5.41, 5.74) is 0.120. The minimum atomic E-state index is -3.11. The van der Waals surface area contributed by atoms with Crippen LogP contribution in [0.4, 0.5) is 5.69 Å². The number of halogens is 1. The molecule has 0 aromatic heterocycles. The first-order chi connectivity index (χ1) is 11.2. The Labute approximate surface area is 146 Å². The molecule has 0 unspecified atom stereocenters. The van der Waals surface area contributed by atoms with Crippen molar-refractivity contribution < 1.29 is 18.0 Å². The zero-order chi connectivity index (χ0) is 17.5. The SMILES string of the molecule is C[C@]1(NC(=O)c2ccc(Cl)c(N3CCCC3=O)c2)CCS(=O)(=O)C1. The molecule has 3 rings (SSSR count). The van der Waals surface area contributed by atoms with E-state index in [1.54, 1.807) is 30.0 Å². The standard InChI is InChI=1S/C16H19ClN2O4S/c1-16(6-8-24(22,23)10-16)18-15(21)11-4-5-12(17)13(9-11)19-7-2-3-14(19)20/h4-5,9H,2-3,6-8,10H2,1H3,(H,18,21)/t16-/m0/s1. The van der Waals surface area contributed by atoms with Crippen molar-refractivity contribution in [1.29, 1.82) is 0 Å². The van der Waals surface area contributed by atoms with E-state index in [4.69, 9.17) is 11.6 Å². The van der Waals surface area contributed by atoms with Gasteiger partial charge in [0, 0.05) is 18.5 Å². The van der Waals surface area contributed by atoms with E-state index < -0.39 is 15.4 Å². The van der Waals surface area contributed by atoms with Crippen LogP contribution in [0.25, 0.3) is 0 Å². The number of rotatable bonds is 3. The van der Waals surface area contributed by atoms with E-state index in [0.29, 0.717) is 35.7 Å². The summed E-state index contributed by atoms with van der Waals surface area (Å²) in [6.45, 7) is 2.32. The fraction of sp³-hybridized carbons (Fsp3) is 0.500. The molecular weight excluding hydrogens is 352 g/mol. The number of nitrogens with zero attached hydrogens (tertiary/aromatic N) is 1. The van der Waals surface area contributed by atoms with Gasteiger partial charge in [-0.15, -0.1) is 0 Å². The molecule has 2 fully saturated rings. The van der Waals surface area contributed by atoms with E-state index in [0.717, 1.165) is 6.42 Å². The summed E-state index contributed by atoms with van der Waals surface area (Å²) < 4.78 is 23.3. The van der Waals surface area contributed by atoms with Crippen LogP contribution in [0.1, 0.15) is 36.5 Å². The quantitative estimate of drug-likeness (QED) is 0.878. The third-order valence-electron chi connectivity index (χ3n) is 4.49. The second-order valence-electron chi connectivity index (χ2n) is 6.67. The fourth-order valence-corrected chi connectivity index (χ4v) is 5.53. The summed E-state index contributed by atoms with van der Waals surface area (Å²) in [6, 6.07) is 4.76. The van der Waals surface area contributed by atoms with E-state index in [-0.39, 0.29) is 23.3 Å². The molecule has 2 heterocycles. The first kappa shape index (κ1) is 17.2. The van der Waals surface area contributed by atoms with Gasteiger partial charge >= 0.3 is 0 Å². The van der Waals surface area contributed by atoms with Crippen LogP contribution in [-0.4, -0.2) is 43.8 Å². The molecule has 24 heavy (non-hydrogen) atoms. The smallest absolute Gasteiger partial charge is 0.251 e. The van der Waals surface area contributed by atoms with Gasteiger partial charge in [-0.3, -0.25) is 9.59 Å². The van der Waals surface area contributed by atoms with Crippen molar-refractivity contribution in [2.24, 2.45) is 0 Å². The average molecular weight is 371 g/mol. The number of nitrogens with one attached hydrogen (secondary N) is 1. The largest absolute Gasteiger partial charge is 0.346 e. The van der Waals surface area contributed by atoms with Gasteiger partial charge in [-0.25, -0.2) is 8.42 Å². The molecule has 8 heteroatoms. The highest BCUT2D eigenvalue weighted by molar-refractivity contribution is 7.91.